The van der Waals surface area contributed by atoms with Gasteiger partial charge in [-0.05, 0) is 120 Å². The molecule has 7 rings (SSSR count). The van der Waals surface area contributed by atoms with Crippen molar-refractivity contribution in [3.63, 3.8) is 0 Å². The largest absolute Gasteiger partial charge is 0.491 e. The number of fused-ring (bicyclic) bond motifs is 2. The van der Waals surface area contributed by atoms with E-state index >= 15 is 0 Å². The Morgan fingerprint density at radius 3 is 1.68 bits per heavy atom. The van der Waals surface area contributed by atoms with E-state index in [0.717, 1.165) is 85.8 Å². The van der Waals surface area contributed by atoms with Gasteiger partial charge in [0.2, 0.25) is 29.4 Å². The quantitative estimate of drug-likeness (QED) is 0.0744. The summed E-state index contributed by atoms with van der Waals surface area (Å²) in [4.78, 5) is 83.2. The van der Waals surface area contributed by atoms with Gasteiger partial charge in [-0.25, -0.2) is 0 Å². The first-order valence-electron chi connectivity index (χ1n) is 25.1. The molecule has 0 aromatic heterocycles. The van der Waals surface area contributed by atoms with Gasteiger partial charge in [-0.1, -0.05) is 43.5 Å². The lowest BCUT2D eigenvalue weighted by Gasteiger charge is -2.35. The molecule has 18 nitrogen and oxygen atoms in total. The summed E-state index contributed by atoms with van der Waals surface area (Å²) in [7, 11) is 3.27. The fourth-order valence-corrected chi connectivity index (χ4v) is 10.7. The Balaban J connectivity index is 0.888. The van der Waals surface area contributed by atoms with Gasteiger partial charge >= 0.3 is 0 Å². The predicted molar refractivity (Wildman–Crippen MR) is 255 cm³/mol. The first-order chi connectivity index (χ1) is 33.3. The molecule has 0 radical (unpaired) electrons. The van der Waals surface area contributed by atoms with E-state index in [2.05, 4.69) is 26.6 Å². The van der Waals surface area contributed by atoms with E-state index in [0.29, 0.717) is 38.4 Å². The lowest BCUT2D eigenvalue weighted by Crippen LogP contribution is -2.58. The van der Waals surface area contributed by atoms with Gasteiger partial charge in [0, 0.05) is 25.9 Å². The lowest BCUT2D eigenvalue weighted by atomic mass is 9.83. The molecule has 2 aromatic carbocycles. The maximum Gasteiger partial charge on any atom is 0.292 e. The number of likely N-dealkylation sites (N-methyl/N-ethyl adjacent to an activating group) is 2. The molecule has 5 amide bonds. The topological polar surface area (TPSA) is 237 Å². The van der Waals surface area contributed by atoms with Crippen molar-refractivity contribution >= 4 is 35.3 Å². The minimum atomic E-state index is -0.951. The average molecular weight is 960 g/mol. The summed E-state index contributed by atoms with van der Waals surface area (Å²) >= 11 is 0. The zero-order valence-electron chi connectivity index (χ0n) is 40.6. The number of benzene rings is 2. The van der Waals surface area contributed by atoms with E-state index in [1.54, 1.807) is 27.9 Å². The first-order valence-corrected chi connectivity index (χ1v) is 25.1. The number of hydrogen-bond acceptors (Lipinski definition) is 13. The van der Waals surface area contributed by atoms with Crippen LogP contribution in [0.25, 0.3) is 0 Å². The fourth-order valence-electron chi connectivity index (χ4n) is 10.7. The number of ketones is 1. The van der Waals surface area contributed by atoms with Gasteiger partial charge in [-0.2, -0.15) is 0 Å². The molecule has 69 heavy (non-hydrogen) atoms. The third-order valence-corrected chi connectivity index (χ3v) is 14.8. The summed E-state index contributed by atoms with van der Waals surface area (Å²) < 4.78 is 18.3. The Hall–Kier alpha value is -5.14. The highest BCUT2D eigenvalue weighted by Crippen LogP contribution is 2.38. The average Bonchev–Trinajstić information content (AvgIpc) is 3.97. The molecule has 3 aliphatic carbocycles. The molecule has 7 N–H and O–H groups in total. The van der Waals surface area contributed by atoms with Crippen molar-refractivity contribution in [1.82, 2.24) is 36.4 Å². The number of likely N-dealkylation sites (tertiary alicyclic amines) is 2. The molecule has 0 spiro atoms. The van der Waals surface area contributed by atoms with Gasteiger partial charge in [0.05, 0.1) is 49.6 Å². The van der Waals surface area contributed by atoms with Crippen molar-refractivity contribution in [1.29, 1.82) is 0 Å². The van der Waals surface area contributed by atoms with E-state index in [-0.39, 0.29) is 68.3 Å². The molecule has 378 valence electrons. The van der Waals surface area contributed by atoms with Crippen molar-refractivity contribution in [2.75, 3.05) is 53.6 Å². The van der Waals surface area contributed by atoms with Gasteiger partial charge in [-0.3, -0.25) is 28.8 Å². The Bertz CT molecular complexity index is 2150. The van der Waals surface area contributed by atoms with E-state index in [1.165, 1.54) is 9.80 Å². The minimum Gasteiger partial charge on any atom is -0.491 e. The number of nitrogens with one attached hydrogen (secondary N) is 5. The summed E-state index contributed by atoms with van der Waals surface area (Å²) in [6.45, 7) is 4.48. The third-order valence-electron chi connectivity index (χ3n) is 14.8. The highest BCUT2D eigenvalue weighted by atomic mass is 16.5. The van der Waals surface area contributed by atoms with E-state index < -0.39 is 60.0 Å². The van der Waals surface area contributed by atoms with Gasteiger partial charge in [0.1, 0.15) is 42.8 Å². The smallest absolute Gasteiger partial charge is 0.292 e. The number of ether oxygens (including phenoxy) is 3. The highest BCUT2D eigenvalue weighted by molar-refractivity contribution is 6.38. The van der Waals surface area contributed by atoms with Gasteiger partial charge in [0.25, 0.3) is 5.91 Å². The maximum absolute atomic E-state index is 14.3. The van der Waals surface area contributed by atoms with Crippen LogP contribution in [0.5, 0.6) is 11.5 Å². The van der Waals surface area contributed by atoms with Crippen molar-refractivity contribution < 1.29 is 53.2 Å². The van der Waals surface area contributed by atoms with Crippen LogP contribution in [0.1, 0.15) is 119 Å². The fraction of sp³-hybridized carbons (Fsp3) is 0.647. The highest BCUT2D eigenvalue weighted by Gasteiger charge is 2.45. The normalized spacial score (nSPS) is 24.8. The number of nitrogens with zero attached hydrogens (tertiary/aromatic N) is 2. The van der Waals surface area contributed by atoms with Crippen LogP contribution in [0.3, 0.4) is 0 Å². The van der Waals surface area contributed by atoms with Crippen LogP contribution >= 0.6 is 0 Å². The van der Waals surface area contributed by atoms with Crippen molar-refractivity contribution in [2.24, 2.45) is 5.92 Å². The third kappa shape index (κ3) is 12.4. The van der Waals surface area contributed by atoms with Crippen LogP contribution in [0.2, 0.25) is 0 Å². The van der Waals surface area contributed by atoms with Crippen molar-refractivity contribution in [3.8, 4) is 11.5 Å². The Morgan fingerprint density at radius 2 is 1.16 bits per heavy atom. The second kappa shape index (κ2) is 24.1. The summed E-state index contributed by atoms with van der Waals surface area (Å²) in [6.07, 6.45) is 7.66. The number of hydrogen-bond donors (Lipinski definition) is 7. The molecule has 0 bridgehead atoms. The molecule has 18 heteroatoms. The molecule has 3 fully saturated rings. The molecular weight excluding hydrogens is 887 g/mol. The second-order valence-corrected chi connectivity index (χ2v) is 19.4. The molecule has 1 saturated carbocycles. The molecular formula is C51H73N7O11. The number of Topliss-reactive ketones (excluding diaryl/α,β-unsaturated/α-hetero) is 1. The summed E-state index contributed by atoms with van der Waals surface area (Å²) in [5.41, 5.74) is 3.90. The van der Waals surface area contributed by atoms with Crippen LogP contribution in [-0.2, 0) is 46.3 Å². The zero-order valence-corrected chi connectivity index (χ0v) is 40.6. The van der Waals surface area contributed by atoms with Gasteiger partial charge in [0.15, 0.2) is 0 Å². The molecule has 2 aromatic rings. The second-order valence-electron chi connectivity index (χ2n) is 19.4. The monoisotopic (exact) mass is 960 g/mol. The first kappa shape index (κ1) is 51.7. The number of β-amino-alcohol motifs (C(OH)–C–C–N with tert-alkyl or cyclic N) is 2. The summed E-state index contributed by atoms with van der Waals surface area (Å²) in [5.74, 6) is -1.37. The van der Waals surface area contributed by atoms with E-state index in [9.17, 15) is 39.0 Å². The number of amides is 5. The summed E-state index contributed by atoms with van der Waals surface area (Å²) in [6, 6.07) is 7.15. The molecule has 1 unspecified atom stereocenters. The Labute approximate surface area is 405 Å². The Kier molecular flexibility index (Phi) is 18.1. The molecule has 2 saturated heterocycles. The van der Waals surface area contributed by atoms with Crippen LogP contribution in [0.15, 0.2) is 36.4 Å². The SMILES string of the molecule is CN[C@@H](C)C(=O)NC(C(=O)N1C[C@@H](O)C[C@H]1C(=O)N[C@@H]1CCCc2c(OCCOCCOc3cccc4c3CCC[C@H]4NC(=O)[C@@H]3C[C@H](O)CN3C(=O)C(=O)[C@H](C)NC)cccc21)C1CCCCC1. The molecule has 9 atom stereocenters. The minimum absolute atomic E-state index is 0.0307. The Morgan fingerprint density at radius 1 is 0.652 bits per heavy atom. The zero-order chi connectivity index (χ0) is 49.2. The molecule has 2 aliphatic heterocycles. The number of carbonyl (C=O) groups excluding carboxylic acids is 6. The number of rotatable bonds is 20. The molecule has 5 aliphatic rings. The van der Waals surface area contributed by atoms with Crippen LogP contribution in [0, 0.1) is 5.92 Å². The maximum atomic E-state index is 14.3. The number of aliphatic hydroxyl groups is 2. The summed E-state index contributed by atoms with van der Waals surface area (Å²) in [5, 5.41) is 36.2. The van der Waals surface area contributed by atoms with Gasteiger partial charge < -0.3 is 60.8 Å². The van der Waals surface area contributed by atoms with Crippen LogP contribution in [0.4, 0.5) is 0 Å². The van der Waals surface area contributed by atoms with E-state index in [1.807, 2.05) is 36.4 Å². The molecule has 2 heterocycles. The van der Waals surface area contributed by atoms with Crippen molar-refractivity contribution in [2.45, 2.75) is 152 Å². The van der Waals surface area contributed by atoms with Gasteiger partial charge in [-0.15, -0.1) is 0 Å². The van der Waals surface area contributed by atoms with E-state index in [4.69, 9.17) is 14.2 Å². The predicted octanol–water partition coefficient (Wildman–Crippen LogP) is 1.92. The number of aliphatic hydroxyl groups excluding tert-OH is 2. The number of carbonyl (C=O) groups is 6. The lowest BCUT2D eigenvalue weighted by molar-refractivity contribution is -0.148. The standard InChI is InChI=1S/C51H73N7O11/c1-30(52-3)46(61)51(66)58-29-34(60)27-42(58)49(64)55-40-19-9-17-38-36(40)15-11-21-44(38)69-25-23-67-22-24-68-43-20-10-14-35-37(43)16-8-18-39(35)54-48(63)41-26-33(59)28-57(41)50(65)45(32-12-6-5-7-13-32)56-47(62)31(2)53-4/h10-11,14-15,20-21,30-34,39-42,45,52-53,59-60H,5-9,12-13,16-19,22-29H2,1-4H3,(H,54,63)(H,55,64)(H,56,62)/t30-,31-,33-,34-,39+,40+,41-,42-,45?/m0/s1. The van der Waals surface area contributed by atoms with Crippen LogP contribution in [-0.4, -0.2) is 151 Å². The van der Waals surface area contributed by atoms with Crippen molar-refractivity contribution in [3.05, 3.63) is 58.7 Å². The van der Waals surface area contributed by atoms with Crippen LogP contribution < -0.4 is 36.1 Å².